The number of carbonyl (C=O) groups excluding carboxylic acids is 1. The molecule has 0 saturated carbocycles. The number of rotatable bonds is 5. The van der Waals surface area contributed by atoms with Crippen molar-refractivity contribution in [1.29, 1.82) is 0 Å². The molecule has 1 amide bonds. The highest BCUT2D eigenvalue weighted by atomic mass is 16.5. The van der Waals surface area contributed by atoms with Crippen molar-refractivity contribution in [3.8, 4) is 5.75 Å². The third-order valence-corrected chi connectivity index (χ3v) is 2.84. The van der Waals surface area contributed by atoms with E-state index >= 15 is 0 Å². The van der Waals surface area contributed by atoms with Gasteiger partial charge in [-0.2, -0.15) is 0 Å². The molecule has 6 heteroatoms. The van der Waals surface area contributed by atoms with Crippen molar-refractivity contribution < 1.29 is 19.4 Å². The van der Waals surface area contributed by atoms with E-state index in [9.17, 15) is 14.7 Å². The Bertz CT molecular complexity index is 656. The molecule has 2 rings (SSSR count). The topological polar surface area (TPSA) is 102 Å². The summed E-state index contributed by atoms with van der Waals surface area (Å²) < 4.78 is 5.51. The van der Waals surface area contributed by atoms with Gasteiger partial charge in [0, 0.05) is 5.56 Å². The van der Waals surface area contributed by atoms with E-state index in [4.69, 9.17) is 10.6 Å². The third-order valence-electron chi connectivity index (χ3n) is 2.84. The molecule has 0 atom stereocenters. The molecule has 0 aliphatic heterocycles. The van der Waals surface area contributed by atoms with E-state index in [-0.39, 0.29) is 23.5 Å². The second-order valence-corrected chi connectivity index (χ2v) is 4.26. The smallest absolute Gasteiger partial charge is 0.339 e. The molecule has 0 unspecified atom stereocenters. The first-order chi connectivity index (χ1) is 10.1. The number of carbonyl (C=O) groups is 2. The Morgan fingerprint density at radius 3 is 2.48 bits per heavy atom. The van der Waals surface area contributed by atoms with Gasteiger partial charge in [0.2, 0.25) is 0 Å². The highest BCUT2D eigenvalue weighted by Gasteiger charge is 2.15. The van der Waals surface area contributed by atoms with Crippen molar-refractivity contribution in [3.05, 3.63) is 65.2 Å². The van der Waals surface area contributed by atoms with Gasteiger partial charge in [-0.1, -0.05) is 30.3 Å². The fourth-order valence-electron chi connectivity index (χ4n) is 1.78. The van der Waals surface area contributed by atoms with Gasteiger partial charge in [0.05, 0.1) is 0 Å². The summed E-state index contributed by atoms with van der Waals surface area (Å²) in [5.41, 5.74) is 2.93. The molecule has 21 heavy (non-hydrogen) atoms. The number of hydrogen-bond acceptors (Lipinski definition) is 4. The molecule has 4 N–H and O–H groups in total. The number of nitrogen functional groups attached to an aromatic ring is 1. The predicted molar refractivity (Wildman–Crippen MR) is 75.8 cm³/mol. The van der Waals surface area contributed by atoms with E-state index in [0.717, 1.165) is 5.56 Å². The molecule has 0 heterocycles. The number of benzene rings is 2. The molecule has 2 aromatic rings. The van der Waals surface area contributed by atoms with Crippen LogP contribution < -0.4 is 16.0 Å². The molecule has 0 spiro atoms. The lowest BCUT2D eigenvalue weighted by atomic mass is 10.1. The van der Waals surface area contributed by atoms with Crippen LogP contribution in [0.25, 0.3) is 0 Å². The summed E-state index contributed by atoms with van der Waals surface area (Å²) in [6.07, 6.45) is 0. The van der Waals surface area contributed by atoms with Crippen molar-refractivity contribution in [1.82, 2.24) is 5.43 Å². The average molecular weight is 286 g/mol. The maximum Gasteiger partial charge on any atom is 0.339 e. The van der Waals surface area contributed by atoms with Crippen LogP contribution >= 0.6 is 0 Å². The van der Waals surface area contributed by atoms with E-state index < -0.39 is 11.9 Å². The molecule has 2 aromatic carbocycles. The lowest BCUT2D eigenvalue weighted by Crippen LogP contribution is -2.30. The fourth-order valence-corrected chi connectivity index (χ4v) is 1.78. The summed E-state index contributed by atoms with van der Waals surface area (Å²) >= 11 is 0. The standard InChI is InChI=1S/C15H14N2O4/c16-17-14(18)11-6-7-13(12(8-11)15(19)20)21-9-10-4-2-1-3-5-10/h1-8H,9,16H2,(H,17,18)(H,19,20). The van der Waals surface area contributed by atoms with Gasteiger partial charge < -0.3 is 9.84 Å². The quantitative estimate of drug-likeness (QED) is 0.440. The summed E-state index contributed by atoms with van der Waals surface area (Å²) in [6, 6.07) is 13.5. The molecule has 0 saturated heterocycles. The van der Waals surface area contributed by atoms with Crippen LogP contribution in [0.2, 0.25) is 0 Å². The van der Waals surface area contributed by atoms with Crippen molar-refractivity contribution in [2.45, 2.75) is 6.61 Å². The van der Waals surface area contributed by atoms with E-state index in [2.05, 4.69) is 0 Å². The first-order valence-corrected chi connectivity index (χ1v) is 6.17. The number of hydrogen-bond donors (Lipinski definition) is 3. The Labute approximate surface area is 121 Å². The maximum absolute atomic E-state index is 11.4. The van der Waals surface area contributed by atoms with Crippen molar-refractivity contribution >= 4 is 11.9 Å². The number of aromatic carboxylic acids is 1. The van der Waals surface area contributed by atoms with Gasteiger partial charge in [0.25, 0.3) is 5.91 Å². The Hall–Kier alpha value is -2.86. The molecular weight excluding hydrogens is 272 g/mol. The Balaban J connectivity index is 2.22. The molecule has 108 valence electrons. The third kappa shape index (κ3) is 3.58. The van der Waals surface area contributed by atoms with Gasteiger partial charge >= 0.3 is 5.97 Å². The average Bonchev–Trinajstić information content (AvgIpc) is 2.52. The maximum atomic E-state index is 11.4. The molecule has 0 radical (unpaired) electrons. The SMILES string of the molecule is NNC(=O)c1ccc(OCc2ccccc2)c(C(=O)O)c1. The molecule has 0 bridgehead atoms. The van der Waals surface area contributed by atoms with E-state index in [1.165, 1.54) is 18.2 Å². The zero-order chi connectivity index (χ0) is 15.2. The van der Waals surface area contributed by atoms with Crippen LogP contribution in [0.4, 0.5) is 0 Å². The van der Waals surface area contributed by atoms with Crippen LogP contribution in [-0.2, 0) is 6.61 Å². The van der Waals surface area contributed by atoms with Crippen LogP contribution in [-0.4, -0.2) is 17.0 Å². The van der Waals surface area contributed by atoms with Gasteiger partial charge in [0.1, 0.15) is 17.9 Å². The number of hydrazine groups is 1. The lowest BCUT2D eigenvalue weighted by molar-refractivity contribution is 0.0691. The molecule has 0 aliphatic rings. The van der Waals surface area contributed by atoms with Crippen molar-refractivity contribution in [3.63, 3.8) is 0 Å². The van der Waals surface area contributed by atoms with Gasteiger partial charge in [-0.05, 0) is 23.8 Å². The van der Waals surface area contributed by atoms with Crippen molar-refractivity contribution in [2.75, 3.05) is 0 Å². The lowest BCUT2D eigenvalue weighted by Gasteiger charge is -2.10. The number of amides is 1. The minimum absolute atomic E-state index is 0.0907. The second-order valence-electron chi connectivity index (χ2n) is 4.26. The Morgan fingerprint density at radius 2 is 1.86 bits per heavy atom. The zero-order valence-electron chi connectivity index (χ0n) is 11.1. The first-order valence-electron chi connectivity index (χ1n) is 6.17. The van der Waals surface area contributed by atoms with Crippen LogP contribution in [0, 0.1) is 0 Å². The van der Waals surface area contributed by atoms with E-state index in [1.54, 1.807) is 0 Å². The van der Waals surface area contributed by atoms with Crippen LogP contribution in [0.1, 0.15) is 26.3 Å². The number of carboxylic acids is 1. The Morgan fingerprint density at radius 1 is 1.14 bits per heavy atom. The van der Waals surface area contributed by atoms with Gasteiger partial charge in [-0.15, -0.1) is 0 Å². The van der Waals surface area contributed by atoms with Gasteiger partial charge in [-0.25, -0.2) is 10.6 Å². The number of ether oxygens (including phenoxy) is 1. The summed E-state index contributed by atoms with van der Waals surface area (Å²) in [7, 11) is 0. The Kier molecular flexibility index (Phi) is 4.53. The predicted octanol–water partition coefficient (Wildman–Crippen LogP) is 1.57. The normalized spacial score (nSPS) is 9.95. The largest absolute Gasteiger partial charge is 0.488 e. The molecule has 6 nitrogen and oxygen atoms in total. The van der Waals surface area contributed by atoms with E-state index in [1.807, 2.05) is 35.8 Å². The van der Waals surface area contributed by atoms with Crippen molar-refractivity contribution in [2.24, 2.45) is 5.84 Å². The number of nitrogens with one attached hydrogen (secondary N) is 1. The summed E-state index contributed by atoms with van der Waals surface area (Å²) in [6.45, 7) is 0.240. The van der Waals surface area contributed by atoms with Gasteiger partial charge in [-0.3, -0.25) is 10.2 Å². The molecule has 0 fully saturated rings. The van der Waals surface area contributed by atoms with Crippen LogP contribution in [0.15, 0.2) is 48.5 Å². The summed E-state index contributed by atoms with van der Waals surface area (Å²) in [5, 5.41) is 9.20. The second kappa shape index (κ2) is 6.53. The minimum atomic E-state index is -1.18. The highest BCUT2D eigenvalue weighted by molar-refractivity contribution is 5.98. The molecule has 0 aromatic heterocycles. The summed E-state index contributed by atoms with van der Waals surface area (Å²) in [5.74, 6) is 3.48. The van der Waals surface area contributed by atoms with Gasteiger partial charge in [0.15, 0.2) is 0 Å². The number of carboxylic acid groups (broad SMARTS) is 1. The monoisotopic (exact) mass is 286 g/mol. The molecule has 0 aliphatic carbocycles. The van der Waals surface area contributed by atoms with Crippen LogP contribution in [0.3, 0.4) is 0 Å². The highest BCUT2D eigenvalue weighted by Crippen LogP contribution is 2.21. The summed E-state index contributed by atoms with van der Waals surface area (Å²) in [4.78, 5) is 22.7. The molecular formula is C15H14N2O4. The zero-order valence-corrected chi connectivity index (χ0v) is 11.1. The first kappa shape index (κ1) is 14.5. The van der Waals surface area contributed by atoms with Crippen LogP contribution in [0.5, 0.6) is 5.75 Å². The van der Waals surface area contributed by atoms with E-state index in [0.29, 0.717) is 0 Å². The number of nitrogens with two attached hydrogens (primary N) is 1. The fraction of sp³-hybridized carbons (Fsp3) is 0.0667. The minimum Gasteiger partial charge on any atom is -0.488 e.